The van der Waals surface area contributed by atoms with Crippen molar-refractivity contribution in [2.24, 2.45) is 4.99 Å². The Morgan fingerprint density at radius 3 is 2.61 bits per heavy atom. The van der Waals surface area contributed by atoms with Crippen molar-refractivity contribution in [1.82, 2.24) is 5.32 Å². The highest BCUT2D eigenvalue weighted by Crippen LogP contribution is 2.29. The molecule has 1 aromatic carbocycles. The highest BCUT2D eigenvalue weighted by molar-refractivity contribution is 5.83. The topological polar surface area (TPSA) is 42.8 Å². The summed E-state index contributed by atoms with van der Waals surface area (Å²) in [6.45, 7) is 3.07. The van der Waals surface area contributed by atoms with E-state index in [1.165, 1.54) is 5.56 Å². The Hall–Kier alpha value is -1.71. The third-order valence-corrected chi connectivity index (χ3v) is 3.17. The number of methoxy groups -OCH3 is 2. The third kappa shape index (κ3) is 2.75. The summed E-state index contributed by atoms with van der Waals surface area (Å²) in [5.74, 6) is 2.63. The second-order valence-corrected chi connectivity index (χ2v) is 4.41. The van der Waals surface area contributed by atoms with Gasteiger partial charge in [-0.15, -0.1) is 0 Å². The molecule has 0 fully saturated rings. The first-order valence-corrected chi connectivity index (χ1v) is 6.26. The van der Waals surface area contributed by atoms with Crippen LogP contribution in [-0.2, 0) is 0 Å². The fraction of sp³-hybridized carbons (Fsp3) is 0.500. The Balaban J connectivity index is 2.12. The molecule has 2 rings (SSSR count). The average Bonchev–Trinajstić information content (AvgIpc) is 2.90. The van der Waals surface area contributed by atoms with Crippen LogP contribution in [0.4, 0.5) is 0 Å². The molecule has 0 saturated carbocycles. The van der Waals surface area contributed by atoms with Gasteiger partial charge in [0.15, 0.2) is 11.5 Å². The molecule has 1 atom stereocenters. The molecule has 0 radical (unpaired) electrons. The molecular formula is C14H20N2O2. The van der Waals surface area contributed by atoms with E-state index in [1.807, 2.05) is 12.1 Å². The van der Waals surface area contributed by atoms with E-state index in [-0.39, 0.29) is 6.04 Å². The summed E-state index contributed by atoms with van der Waals surface area (Å²) in [7, 11) is 3.30. The van der Waals surface area contributed by atoms with Gasteiger partial charge in [0.25, 0.3) is 0 Å². The Labute approximate surface area is 108 Å². The SMILES string of the molecule is COc1ccc(C(C)NC2=NCCC2)cc1OC. The number of rotatable bonds is 4. The van der Waals surface area contributed by atoms with Crippen molar-refractivity contribution in [3.05, 3.63) is 23.8 Å². The lowest BCUT2D eigenvalue weighted by Crippen LogP contribution is -2.24. The summed E-state index contributed by atoms with van der Waals surface area (Å²) in [6, 6.07) is 6.21. The summed E-state index contributed by atoms with van der Waals surface area (Å²) in [6.07, 6.45) is 2.21. The van der Waals surface area contributed by atoms with E-state index in [2.05, 4.69) is 23.3 Å². The van der Waals surface area contributed by atoms with Gasteiger partial charge in [0.05, 0.1) is 20.1 Å². The van der Waals surface area contributed by atoms with Crippen LogP contribution in [0.1, 0.15) is 31.4 Å². The number of nitrogens with zero attached hydrogens (tertiary/aromatic N) is 1. The van der Waals surface area contributed by atoms with Crippen LogP contribution in [0.3, 0.4) is 0 Å². The lowest BCUT2D eigenvalue weighted by Gasteiger charge is -2.17. The van der Waals surface area contributed by atoms with Gasteiger partial charge in [0, 0.05) is 19.0 Å². The first-order valence-electron chi connectivity index (χ1n) is 6.26. The van der Waals surface area contributed by atoms with E-state index in [4.69, 9.17) is 9.47 Å². The predicted octanol–water partition coefficient (Wildman–Crippen LogP) is 2.55. The van der Waals surface area contributed by atoms with Crippen LogP contribution >= 0.6 is 0 Å². The van der Waals surface area contributed by atoms with Crippen molar-refractivity contribution in [3.63, 3.8) is 0 Å². The fourth-order valence-electron chi connectivity index (χ4n) is 2.11. The predicted molar refractivity (Wildman–Crippen MR) is 72.6 cm³/mol. The van der Waals surface area contributed by atoms with Crippen LogP contribution in [0.15, 0.2) is 23.2 Å². The number of nitrogens with one attached hydrogen (secondary N) is 1. The number of hydrogen-bond acceptors (Lipinski definition) is 4. The van der Waals surface area contributed by atoms with Crippen LogP contribution < -0.4 is 14.8 Å². The van der Waals surface area contributed by atoms with E-state index in [0.29, 0.717) is 0 Å². The molecule has 18 heavy (non-hydrogen) atoms. The summed E-state index contributed by atoms with van der Waals surface area (Å²) in [5, 5.41) is 3.44. The molecule has 0 amide bonds. The molecule has 1 aliphatic rings. The molecule has 0 aromatic heterocycles. The van der Waals surface area contributed by atoms with Gasteiger partial charge in [0.2, 0.25) is 0 Å². The first-order chi connectivity index (χ1) is 8.74. The van der Waals surface area contributed by atoms with Crippen molar-refractivity contribution in [3.8, 4) is 11.5 Å². The molecule has 4 heteroatoms. The minimum absolute atomic E-state index is 0.224. The van der Waals surface area contributed by atoms with Gasteiger partial charge in [-0.05, 0) is 31.0 Å². The van der Waals surface area contributed by atoms with Crippen molar-refractivity contribution in [2.45, 2.75) is 25.8 Å². The number of benzene rings is 1. The lowest BCUT2D eigenvalue weighted by atomic mass is 10.1. The number of aliphatic imine (C=N–C) groups is 1. The van der Waals surface area contributed by atoms with Gasteiger partial charge in [-0.25, -0.2) is 0 Å². The molecule has 1 aliphatic heterocycles. The van der Waals surface area contributed by atoms with E-state index in [0.717, 1.165) is 36.7 Å². The van der Waals surface area contributed by atoms with Crippen molar-refractivity contribution in [2.75, 3.05) is 20.8 Å². The molecule has 0 bridgehead atoms. The zero-order valence-corrected chi connectivity index (χ0v) is 11.2. The lowest BCUT2D eigenvalue weighted by molar-refractivity contribution is 0.354. The van der Waals surface area contributed by atoms with Crippen molar-refractivity contribution in [1.29, 1.82) is 0 Å². The average molecular weight is 248 g/mol. The minimum atomic E-state index is 0.224. The minimum Gasteiger partial charge on any atom is -0.493 e. The standard InChI is InChI=1S/C14H20N2O2/c1-10(16-14-5-4-8-15-14)11-6-7-12(17-2)13(9-11)18-3/h6-7,9-10H,4-5,8H2,1-3H3,(H,15,16). The Bertz CT molecular complexity index is 443. The smallest absolute Gasteiger partial charge is 0.161 e. The highest BCUT2D eigenvalue weighted by Gasteiger charge is 2.13. The molecule has 1 N–H and O–H groups in total. The molecule has 98 valence electrons. The molecule has 1 heterocycles. The van der Waals surface area contributed by atoms with Gasteiger partial charge < -0.3 is 14.8 Å². The summed E-state index contributed by atoms with van der Waals surface area (Å²) in [5.41, 5.74) is 1.17. The molecule has 0 spiro atoms. The third-order valence-electron chi connectivity index (χ3n) is 3.17. The van der Waals surface area contributed by atoms with Gasteiger partial charge in [-0.3, -0.25) is 4.99 Å². The Morgan fingerprint density at radius 1 is 1.22 bits per heavy atom. The summed E-state index contributed by atoms with van der Waals surface area (Å²) in [4.78, 5) is 4.43. The van der Waals surface area contributed by atoms with Crippen LogP contribution in [0.25, 0.3) is 0 Å². The van der Waals surface area contributed by atoms with Crippen LogP contribution in [0.5, 0.6) is 11.5 Å². The quantitative estimate of drug-likeness (QED) is 0.890. The molecular weight excluding hydrogens is 228 g/mol. The normalized spacial score (nSPS) is 16.1. The van der Waals surface area contributed by atoms with Gasteiger partial charge >= 0.3 is 0 Å². The molecule has 0 aliphatic carbocycles. The molecule has 0 saturated heterocycles. The number of hydrogen-bond donors (Lipinski definition) is 1. The molecule has 1 unspecified atom stereocenters. The Kier molecular flexibility index (Phi) is 4.07. The highest BCUT2D eigenvalue weighted by atomic mass is 16.5. The second kappa shape index (κ2) is 5.76. The zero-order chi connectivity index (χ0) is 13.0. The fourth-order valence-corrected chi connectivity index (χ4v) is 2.11. The van der Waals surface area contributed by atoms with Crippen molar-refractivity contribution >= 4 is 5.84 Å². The largest absolute Gasteiger partial charge is 0.493 e. The van der Waals surface area contributed by atoms with E-state index in [1.54, 1.807) is 14.2 Å². The van der Waals surface area contributed by atoms with Crippen LogP contribution in [0, 0.1) is 0 Å². The summed E-state index contributed by atoms with van der Waals surface area (Å²) < 4.78 is 10.5. The zero-order valence-electron chi connectivity index (χ0n) is 11.2. The number of amidine groups is 1. The first kappa shape index (κ1) is 12.7. The molecule has 4 nitrogen and oxygen atoms in total. The monoisotopic (exact) mass is 248 g/mol. The molecule has 1 aromatic rings. The van der Waals surface area contributed by atoms with E-state index >= 15 is 0 Å². The number of ether oxygens (including phenoxy) is 2. The maximum Gasteiger partial charge on any atom is 0.161 e. The second-order valence-electron chi connectivity index (χ2n) is 4.41. The summed E-state index contributed by atoms with van der Waals surface area (Å²) >= 11 is 0. The van der Waals surface area contributed by atoms with Crippen molar-refractivity contribution < 1.29 is 9.47 Å². The van der Waals surface area contributed by atoms with Gasteiger partial charge in [-0.1, -0.05) is 6.07 Å². The van der Waals surface area contributed by atoms with Gasteiger partial charge in [-0.2, -0.15) is 0 Å². The van der Waals surface area contributed by atoms with Gasteiger partial charge in [0.1, 0.15) is 0 Å². The maximum atomic E-state index is 5.31. The van der Waals surface area contributed by atoms with E-state index in [9.17, 15) is 0 Å². The van der Waals surface area contributed by atoms with E-state index < -0.39 is 0 Å². The van der Waals surface area contributed by atoms with Crippen LogP contribution in [-0.4, -0.2) is 26.6 Å². The Morgan fingerprint density at radius 2 is 2.00 bits per heavy atom. The van der Waals surface area contributed by atoms with Crippen LogP contribution in [0.2, 0.25) is 0 Å². The maximum absolute atomic E-state index is 5.31.